The smallest absolute Gasteiger partial charge is 0.245 e. The highest BCUT2D eigenvalue weighted by Crippen LogP contribution is 2.41. The molecule has 0 spiro atoms. The van der Waals surface area contributed by atoms with E-state index in [4.69, 9.17) is 26.1 Å². The Hall–Kier alpha value is -3.72. The molecule has 1 aliphatic heterocycles. The monoisotopic (exact) mass is 532 g/mol. The van der Waals surface area contributed by atoms with Crippen LogP contribution in [-0.4, -0.2) is 60.1 Å². The van der Waals surface area contributed by atoms with Crippen molar-refractivity contribution in [2.24, 2.45) is 0 Å². The fraction of sp³-hybridized carbons (Fsp3) is 0.393. The molecule has 0 N–H and O–H groups in total. The second kappa shape index (κ2) is 9.54. The number of ether oxygens (including phenoxy) is 2. The van der Waals surface area contributed by atoms with Gasteiger partial charge in [0.05, 0.1) is 23.8 Å². The predicted octanol–water partition coefficient (Wildman–Crippen LogP) is 4.83. The van der Waals surface area contributed by atoms with E-state index in [0.717, 1.165) is 36.1 Å². The quantitative estimate of drug-likeness (QED) is 0.336. The standard InChI is InChI=1S/C28H29ClN6O3/c1-17-6-10-30-19(12-17)14-35-25(33-24-26(35)31-16-32-27(24)38-28(3)8-9-28)22-5-4-20(13-23(22)29)37-21-7-11-34(15-21)18(2)36/h4-6,10,12-13,16,21H,7-9,11,14-15H2,1-3H3/t21-/m1/s1. The summed E-state index contributed by atoms with van der Waals surface area (Å²) >= 11 is 6.83. The van der Waals surface area contributed by atoms with E-state index in [0.29, 0.717) is 53.3 Å². The highest BCUT2D eigenvalue weighted by atomic mass is 35.5. The van der Waals surface area contributed by atoms with Crippen LogP contribution in [0.25, 0.3) is 22.6 Å². The minimum atomic E-state index is -0.210. The number of aryl methyl sites for hydroxylation is 1. The maximum absolute atomic E-state index is 11.7. The van der Waals surface area contributed by atoms with E-state index in [1.165, 1.54) is 6.33 Å². The summed E-state index contributed by atoms with van der Waals surface area (Å²) in [5.41, 5.74) is 3.78. The number of rotatable bonds is 7. The minimum absolute atomic E-state index is 0.0587. The van der Waals surface area contributed by atoms with E-state index >= 15 is 0 Å². The highest BCUT2D eigenvalue weighted by Gasteiger charge is 2.41. The number of hydrogen-bond donors (Lipinski definition) is 0. The van der Waals surface area contributed by atoms with E-state index < -0.39 is 0 Å². The second-order valence-corrected chi connectivity index (χ2v) is 10.8. The SMILES string of the molecule is CC(=O)N1CC[C@@H](Oc2ccc(-c3nc4c(OC5(C)CC5)ncnc4n3Cc3cc(C)ccn3)c(Cl)c2)C1. The van der Waals surface area contributed by atoms with Crippen LogP contribution in [0.15, 0.2) is 42.9 Å². The summed E-state index contributed by atoms with van der Waals surface area (Å²) < 4.78 is 14.4. The Labute approximate surface area is 225 Å². The molecular formula is C28H29ClN6O3. The lowest BCUT2D eigenvalue weighted by Gasteiger charge is -2.16. The van der Waals surface area contributed by atoms with Crippen LogP contribution in [0, 0.1) is 6.92 Å². The number of aromatic nitrogens is 5. The van der Waals surface area contributed by atoms with Crippen LogP contribution in [-0.2, 0) is 11.3 Å². The normalized spacial score (nSPS) is 18.1. The van der Waals surface area contributed by atoms with Crippen molar-refractivity contribution in [3.63, 3.8) is 0 Å². The number of amides is 1. The Morgan fingerprint density at radius 1 is 1.18 bits per heavy atom. The van der Waals surface area contributed by atoms with Gasteiger partial charge in [0.15, 0.2) is 11.2 Å². The zero-order valence-electron chi connectivity index (χ0n) is 21.6. The Morgan fingerprint density at radius 2 is 2.03 bits per heavy atom. The van der Waals surface area contributed by atoms with Gasteiger partial charge in [0.2, 0.25) is 11.8 Å². The Morgan fingerprint density at radius 3 is 2.74 bits per heavy atom. The van der Waals surface area contributed by atoms with Gasteiger partial charge in [-0.1, -0.05) is 11.6 Å². The summed E-state index contributed by atoms with van der Waals surface area (Å²) in [5, 5.41) is 0.502. The molecule has 10 heteroatoms. The van der Waals surface area contributed by atoms with Gasteiger partial charge >= 0.3 is 0 Å². The molecule has 1 aromatic carbocycles. The van der Waals surface area contributed by atoms with E-state index in [9.17, 15) is 4.79 Å². The number of fused-ring (bicyclic) bond motifs is 1. The Balaban J connectivity index is 1.38. The van der Waals surface area contributed by atoms with Gasteiger partial charge in [-0.3, -0.25) is 9.78 Å². The first-order valence-corrected chi connectivity index (χ1v) is 13.2. The van der Waals surface area contributed by atoms with Crippen molar-refractivity contribution < 1.29 is 14.3 Å². The molecule has 1 saturated carbocycles. The van der Waals surface area contributed by atoms with E-state index in [2.05, 4.69) is 21.9 Å². The average Bonchev–Trinajstić information content (AvgIpc) is 3.25. The molecule has 4 heterocycles. The molecule has 0 unspecified atom stereocenters. The third kappa shape index (κ3) is 4.90. The molecule has 0 radical (unpaired) electrons. The molecule has 3 aromatic heterocycles. The maximum Gasteiger partial charge on any atom is 0.245 e. The zero-order valence-corrected chi connectivity index (χ0v) is 22.4. The van der Waals surface area contributed by atoms with Crippen molar-refractivity contribution in [1.82, 2.24) is 29.4 Å². The molecule has 1 atom stereocenters. The summed E-state index contributed by atoms with van der Waals surface area (Å²) in [4.78, 5) is 32.0. The summed E-state index contributed by atoms with van der Waals surface area (Å²) in [6.07, 6.45) is 6.01. The van der Waals surface area contributed by atoms with Crippen molar-refractivity contribution in [1.29, 1.82) is 0 Å². The first kappa shape index (κ1) is 24.6. The average molecular weight is 533 g/mol. The highest BCUT2D eigenvalue weighted by molar-refractivity contribution is 6.33. The third-order valence-electron chi connectivity index (χ3n) is 7.16. The molecule has 196 valence electrons. The van der Waals surface area contributed by atoms with Gasteiger partial charge in [-0.15, -0.1) is 0 Å². The van der Waals surface area contributed by atoms with Crippen LogP contribution in [0.5, 0.6) is 11.6 Å². The van der Waals surface area contributed by atoms with Crippen LogP contribution >= 0.6 is 11.6 Å². The molecular weight excluding hydrogens is 504 g/mol. The minimum Gasteiger partial charge on any atom is -0.488 e. The number of nitrogens with zero attached hydrogens (tertiary/aromatic N) is 6. The van der Waals surface area contributed by atoms with Crippen molar-refractivity contribution in [2.75, 3.05) is 13.1 Å². The summed E-state index contributed by atoms with van der Waals surface area (Å²) in [7, 11) is 0. The molecule has 38 heavy (non-hydrogen) atoms. The Bertz CT molecular complexity index is 1530. The topological polar surface area (TPSA) is 95.3 Å². The number of hydrogen-bond acceptors (Lipinski definition) is 7. The number of halogens is 1. The van der Waals surface area contributed by atoms with Crippen molar-refractivity contribution >= 4 is 28.7 Å². The number of carbonyl (C=O) groups excluding carboxylic acids is 1. The zero-order chi connectivity index (χ0) is 26.4. The lowest BCUT2D eigenvalue weighted by Crippen LogP contribution is -2.28. The molecule has 0 bridgehead atoms. The lowest BCUT2D eigenvalue weighted by atomic mass is 10.2. The fourth-order valence-corrected chi connectivity index (χ4v) is 5.01. The van der Waals surface area contributed by atoms with Crippen LogP contribution < -0.4 is 9.47 Å². The van der Waals surface area contributed by atoms with Crippen LogP contribution in [0.3, 0.4) is 0 Å². The largest absolute Gasteiger partial charge is 0.488 e. The number of imidazole rings is 1. The number of benzene rings is 1. The first-order chi connectivity index (χ1) is 18.3. The van der Waals surface area contributed by atoms with Crippen molar-refractivity contribution in [3.05, 3.63) is 59.1 Å². The van der Waals surface area contributed by atoms with E-state index in [1.807, 2.05) is 35.8 Å². The van der Waals surface area contributed by atoms with Gasteiger partial charge in [-0.05, 0) is 62.6 Å². The molecule has 2 aliphatic rings. The van der Waals surface area contributed by atoms with E-state index in [-0.39, 0.29) is 17.6 Å². The number of pyridine rings is 1. The van der Waals surface area contributed by atoms with Crippen LogP contribution in [0.2, 0.25) is 5.02 Å². The lowest BCUT2D eigenvalue weighted by molar-refractivity contribution is -0.128. The number of carbonyl (C=O) groups is 1. The summed E-state index contributed by atoms with van der Waals surface area (Å²) in [6.45, 7) is 7.43. The van der Waals surface area contributed by atoms with Gasteiger partial charge < -0.3 is 18.9 Å². The molecule has 4 aromatic rings. The van der Waals surface area contributed by atoms with Gasteiger partial charge in [-0.25, -0.2) is 9.97 Å². The third-order valence-corrected chi connectivity index (χ3v) is 7.48. The van der Waals surface area contributed by atoms with E-state index in [1.54, 1.807) is 24.1 Å². The molecule has 9 nitrogen and oxygen atoms in total. The molecule has 6 rings (SSSR count). The molecule has 2 fully saturated rings. The van der Waals surface area contributed by atoms with Crippen LogP contribution in [0.4, 0.5) is 0 Å². The Kier molecular flexibility index (Phi) is 6.18. The van der Waals surface area contributed by atoms with Gasteiger partial charge in [0.25, 0.3) is 0 Å². The maximum atomic E-state index is 11.7. The van der Waals surface area contributed by atoms with Gasteiger partial charge in [-0.2, -0.15) is 4.98 Å². The molecule has 1 saturated heterocycles. The summed E-state index contributed by atoms with van der Waals surface area (Å²) in [5.74, 6) is 1.84. The van der Waals surface area contributed by atoms with Crippen molar-refractivity contribution in [2.45, 2.75) is 58.3 Å². The fourth-order valence-electron chi connectivity index (χ4n) is 4.76. The molecule has 1 aliphatic carbocycles. The van der Waals surface area contributed by atoms with Gasteiger partial charge in [0, 0.05) is 31.6 Å². The number of likely N-dealkylation sites (tertiary alicyclic amines) is 1. The van der Waals surface area contributed by atoms with Crippen LogP contribution in [0.1, 0.15) is 44.4 Å². The first-order valence-electron chi connectivity index (χ1n) is 12.8. The summed E-state index contributed by atoms with van der Waals surface area (Å²) in [6, 6.07) is 9.62. The van der Waals surface area contributed by atoms with Crippen molar-refractivity contribution in [3.8, 4) is 23.0 Å². The second-order valence-electron chi connectivity index (χ2n) is 10.4. The van der Waals surface area contributed by atoms with Gasteiger partial charge in [0.1, 0.15) is 29.6 Å². The predicted molar refractivity (Wildman–Crippen MR) is 143 cm³/mol. The molecule has 1 amide bonds.